The fourth-order valence-corrected chi connectivity index (χ4v) is 2.95. The summed E-state index contributed by atoms with van der Waals surface area (Å²) in [5.41, 5.74) is 7.07. The van der Waals surface area contributed by atoms with Crippen molar-refractivity contribution in [3.8, 4) is 0 Å². The van der Waals surface area contributed by atoms with Crippen molar-refractivity contribution in [2.24, 2.45) is 17.6 Å². The van der Waals surface area contributed by atoms with E-state index in [1.807, 2.05) is 6.20 Å². The number of nitrogens with zero attached hydrogens (tertiary/aromatic N) is 1. The predicted molar refractivity (Wildman–Crippen MR) is 79.7 cm³/mol. The lowest BCUT2D eigenvalue weighted by Gasteiger charge is -2.30. The summed E-state index contributed by atoms with van der Waals surface area (Å²) >= 11 is 3.47. The van der Waals surface area contributed by atoms with Crippen molar-refractivity contribution in [1.82, 2.24) is 4.98 Å². The number of nitrogens with one attached hydrogen (secondary N) is 1. The van der Waals surface area contributed by atoms with E-state index in [1.165, 1.54) is 31.2 Å². The number of pyridine rings is 1. The second-order valence-corrected chi connectivity index (χ2v) is 6.09. The zero-order valence-corrected chi connectivity index (χ0v) is 12.5. The molecule has 2 unspecified atom stereocenters. The van der Waals surface area contributed by atoms with Crippen molar-refractivity contribution in [1.29, 1.82) is 0 Å². The molecule has 1 fully saturated rings. The molecule has 4 heteroatoms. The first-order chi connectivity index (χ1) is 8.70. The fraction of sp³-hybridized carbons (Fsp3) is 0.643. The first-order valence-corrected chi connectivity index (χ1v) is 7.56. The largest absolute Gasteiger partial charge is 0.370 e. The predicted octanol–water partition coefficient (Wildman–Crippen LogP) is 3.33. The number of aryl methyl sites for hydroxylation is 1. The molecule has 3 nitrogen and oxygen atoms in total. The molecule has 0 aliphatic heterocycles. The molecule has 2 rings (SSSR count). The van der Waals surface area contributed by atoms with Crippen LogP contribution in [0.2, 0.25) is 0 Å². The van der Waals surface area contributed by atoms with Gasteiger partial charge < -0.3 is 11.1 Å². The standard InChI is InChI=1S/C14H22BrN3/c1-10-6-14(18-9-13(10)15)17-8-12-5-3-2-4-11(12)7-16/h6,9,11-12H,2-5,7-8,16H2,1H3,(H,17,18). The molecule has 2 atom stereocenters. The van der Waals surface area contributed by atoms with E-state index in [9.17, 15) is 0 Å². The van der Waals surface area contributed by atoms with Crippen LogP contribution in [0.15, 0.2) is 16.7 Å². The minimum absolute atomic E-state index is 0.683. The average Bonchev–Trinajstić information content (AvgIpc) is 2.40. The number of anilines is 1. The molecule has 1 aromatic rings. The Bertz CT molecular complexity index is 395. The lowest BCUT2D eigenvalue weighted by molar-refractivity contribution is 0.255. The molecule has 0 amide bonds. The van der Waals surface area contributed by atoms with Crippen LogP contribution in [-0.4, -0.2) is 18.1 Å². The summed E-state index contributed by atoms with van der Waals surface area (Å²) in [6, 6.07) is 2.09. The molecular formula is C14H22BrN3. The van der Waals surface area contributed by atoms with Crippen molar-refractivity contribution >= 4 is 21.7 Å². The van der Waals surface area contributed by atoms with Crippen LogP contribution < -0.4 is 11.1 Å². The van der Waals surface area contributed by atoms with Crippen LogP contribution >= 0.6 is 15.9 Å². The summed E-state index contributed by atoms with van der Waals surface area (Å²) in [7, 11) is 0. The van der Waals surface area contributed by atoms with Gasteiger partial charge in [-0.1, -0.05) is 12.8 Å². The third-order valence-corrected chi connectivity index (χ3v) is 4.79. The molecule has 1 aromatic heterocycles. The van der Waals surface area contributed by atoms with Crippen molar-refractivity contribution in [3.05, 3.63) is 22.3 Å². The maximum atomic E-state index is 5.86. The Morgan fingerprint density at radius 1 is 1.39 bits per heavy atom. The summed E-state index contributed by atoms with van der Waals surface area (Å²) < 4.78 is 1.06. The monoisotopic (exact) mass is 311 g/mol. The molecular weight excluding hydrogens is 290 g/mol. The maximum Gasteiger partial charge on any atom is 0.126 e. The Morgan fingerprint density at radius 3 is 2.78 bits per heavy atom. The normalized spacial score (nSPS) is 23.9. The van der Waals surface area contributed by atoms with Crippen LogP contribution in [0, 0.1) is 18.8 Å². The van der Waals surface area contributed by atoms with Gasteiger partial charge in [0.25, 0.3) is 0 Å². The van der Waals surface area contributed by atoms with Crippen molar-refractivity contribution in [2.45, 2.75) is 32.6 Å². The highest BCUT2D eigenvalue weighted by Crippen LogP contribution is 2.29. The topological polar surface area (TPSA) is 50.9 Å². The first-order valence-electron chi connectivity index (χ1n) is 6.76. The van der Waals surface area contributed by atoms with E-state index in [4.69, 9.17) is 5.73 Å². The molecule has 18 heavy (non-hydrogen) atoms. The number of hydrogen-bond acceptors (Lipinski definition) is 3. The van der Waals surface area contributed by atoms with Gasteiger partial charge in [-0.25, -0.2) is 4.98 Å². The van der Waals surface area contributed by atoms with E-state index in [1.54, 1.807) is 0 Å². The molecule has 1 heterocycles. The van der Waals surface area contributed by atoms with Gasteiger partial charge in [-0.05, 0) is 65.7 Å². The molecule has 0 bridgehead atoms. The van der Waals surface area contributed by atoms with Crippen molar-refractivity contribution in [2.75, 3.05) is 18.4 Å². The van der Waals surface area contributed by atoms with Crippen molar-refractivity contribution in [3.63, 3.8) is 0 Å². The average molecular weight is 312 g/mol. The number of halogens is 1. The Labute approximate surface area is 118 Å². The van der Waals surface area contributed by atoms with E-state index in [0.717, 1.165) is 23.4 Å². The third-order valence-electron chi connectivity index (χ3n) is 3.96. The van der Waals surface area contributed by atoms with E-state index in [2.05, 4.69) is 39.2 Å². The number of nitrogens with two attached hydrogens (primary N) is 1. The van der Waals surface area contributed by atoms with Gasteiger partial charge in [-0.2, -0.15) is 0 Å². The van der Waals surface area contributed by atoms with Crippen LogP contribution in [0.25, 0.3) is 0 Å². The van der Waals surface area contributed by atoms with Crippen LogP contribution in [0.3, 0.4) is 0 Å². The van der Waals surface area contributed by atoms with Gasteiger partial charge in [0.05, 0.1) is 0 Å². The molecule has 0 radical (unpaired) electrons. The Hall–Kier alpha value is -0.610. The zero-order chi connectivity index (χ0) is 13.0. The van der Waals surface area contributed by atoms with Gasteiger partial charge in [0.2, 0.25) is 0 Å². The van der Waals surface area contributed by atoms with E-state index in [-0.39, 0.29) is 0 Å². The van der Waals surface area contributed by atoms with Crippen LogP contribution in [0.5, 0.6) is 0 Å². The molecule has 0 aromatic carbocycles. The number of hydrogen-bond donors (Lipinski definition) is 2. The van der Waals surface area contributed by atoms with Gasteiger partial charge in [0, 0.05) is 17.2 Å². The molecule has 100 valence electrons. The number of rotatable bonds is 4. The number of aromatic nitrogens is 1. The van der Waals surface area contributed by atoms with Crippen LogP contribution in [0.1, 0.15) is 31.2 Å². The summed E-state index contributed by atoms with van der Waals surface area (Å²) in [5.74, 6) is 2.36. The summed E-state index contributed by atoms with van der Waals surface area (Å²) in [6.07, 6.45) is 7.13. The van der Waals surface area contributed by atoms with Gasteiger partial charge in [0.15, 0.2) is 0 Å². The van der Waals surface area contributed by atoms with Gasteiger partial charge in [0.1, 0.15) is 5.82 Å². The molecule has 3 N–H and O–H groups in total. The highest BCUT2D eigenvalue weighted by atomic mass is 79.9. The molecule has 1 aliphatic carbocycles. The minimum Gasteiger partial charge on any atom is -0.370 e. The van der Waals surface area contributed by atoms with Gasteiger partial charge in [-0.3, -0.25) is 0 Å². The second-order valence-electron chi connectivity index (χ2n) is 5.24. The highest BCUT2D eigenvalue weighted by molar-refractivity contribution is 9.10. The quantitative estimate of drug-likeness (QED) is 0.896. The smallest absolute Gasteiger partial charge is 0.126 e. The molecule has 0 saturated heterocycles. The van der Waals surface area contributed by atoms with E-state index >= 15 is 0 Å². The fourth-order valence-electron chi connectivity index (χ4n) is 2.74. The Kier molecular flexibility index (Phi) is 5.01. The second kappa shape index (κ2) is 6.53. The Morgan fingerprint density at radius 2 is 2.11 bits per heavy atom. The zero-order valence-electron chi connectivity index (χ0n) is 11.0. The Balaban J connectivity index is 1.91. The SMILES string of the molecule is Cc1cc(NCC2CCCCC2CN)ncc1Br. The summed E-state index contributed by atoms with van der Waals surface area (Å²) in [4.78, 5) is 4.39. The molecule has 0 spiro atoms. The van der Waals surface area contributed by atoms with Gasteiger partial charge >= 0.3 is 0 Å². The summed E-state index contributed by atoms with van der Waals surface area (Å²) in [6.45, 7) is 3.90. The van der Waals surface area contributed by atoms with Crippen LogP contribution in [-0.2, 0) is 0 Å². The maximum absolute atomic E-state index is 5.86. The van der Waals surface area contributed by atoms with Crippen molar-refractivity contribution < 1.29 is 0 Å². The molecule has 1 saturated carbocycles. The first kappa shape index (κ1) is 13.8. The summed E-state index contributed by atoms with van der Waals surface area (Å²) in [5, 5.41) is 3.46. The van der Waals surface area contributed by atoms with Crippen LogP contribution in [0.4, 0.5) is 5.82 Å². The molecule has 1 aliphatic rings. The highest BCUT2D eigenvalue weighted by Gasteiger charge is 2.23. The van der Waals surface area contributed by atoms with E-state index < -0.39 is 0 Å². The lowest BCUT2D eigenvalue weighted by atomic mass is 9.79. The van der Waals surface area contributed by atoms with E-state index in [0.29, 0.717) is 11.8 Å². The minimum atomic E-state index is 0.683. The third kappa shape index (κ3) is 3.45. The van der Waals surface area contributed by atoms with Gasteiger partial charge in [-0.15, -0.1) is 0 Å². The lowest BCUT2D eigenvalue weighted by Crippen LogP contribution is -2.31.